The maximum atomic E-state index is 10.5. The van der Waals surface area contributed by atoms with Crippen molar-refractivity contribution in [1.29, 1.82) is 0 Å². The van der Waals surface area contributed by atoms with Crippen LogP contribution < -0.4 is 41.9 Å². The molecule has 1 aromatic carbocycles. The highest BCUT2D eigenvalue weighted by Gasteiger charge is 2.21. The summed E-state index contributed by atoms with van der Waals surface area (Å²) in [4.78, 5) is 0. The first-order valence-electron chi connectivity index (χ1n) is 5.82. The van der Waals surface area contributed by atoms with Crippen molar-refractivity contribution in [3.63, 3.8) is 0 Å². The Hall–Kier alpha value is -0.380. The van der Waals surface area contributed by atoms with Crippen LogP contribution in [0.4, 0.5) is 0 Å². The van der Waals surface area contributed by atoms with Crippen molar-refractivity contribution < 1.29 is 35.0 Å². The molecule has 0 amide bonds. The maximum absolute atomic E-state index is 10.5. The number of rotatable bonds is 0. The number of hydrogen-bond donors (Lipinski definition) is 2. The molecule has 0 radical (unpaired) electrons. The van der Waals surface area contributed by atoms with Gasteiger partial charge in [-0.2, -0.15) is 0 Å². The van der Waals surface area contributed by atoms with E-state index in [1.165, 1.54) is 45.3 Å². The lowest BCUT2D eigenvalue weighted by Crippen LogP contribution is -3.00. The number of fused-ring (bicyclic) bond motifs is 2. The predicted molar refractivity (Wildman–Crippen MR) is 90.5 cm³/mol. The summed E-state index contributed by atoms with van der Waals surface area (Å²) in [6, 6.07) is 0. The summed E-state index contributed by atoms with van der Waals surface area (Å²) < 4.78 is 9.17. The Labute approximate surface area is 155 Å². The van der Waals surface area contributed by atoms with Gasteiger partial charge in [0.1, 0.15) is 28.2 Å². The highest BCUT2D eigenvalue weighted by Crippen LogP contribution is 2.46. The van der Waals surface area contributed by atoms with Gasteiger partial charge < -0.3 is 35.0 Å². The first-order chi connectivity index (χ1) is 9.40. The number of benzene rings is 1. The normalized spacial score (nSPS) is 10.4. The summed E-state index contributed by atoms with van der Waals surface area (Å²) >= 11 is 6.04. The number of nitrogens with zero attached hydrogens (tertiary/aromatic N) is 2. The average molecular weight is 417 g/mol. The van der Waals surface area contributed by atoms with Crippen molar-refractivity contribution in [3.8, 4) is 11.5 Å². The third-order valence-electron chi connectivity index (χ3n) is 2.76. The van der Waals surface area contributed by atoms with Gasteiger partial charge in [0, 0.05) is 0 Å². The minimum atomic E-state index is 0. The molecule has 122 valence electrons. The molecule has 0 saturated carbocycles. The molecule has 3 aromatic rings. The van der Waals surface area contributed by atoms with Gasteiger partial charge in [-0.25, -0.2) is 9.15 Å². The number of hydrogen-bond acceptors (Lipinski definition) is 6. The fourth-order valence-electron chi connectivity index (χ4n) is 1.77. The molecule has 2 heterocycles. The van der Waals surface area contributed by atoms with Gasteiger partial charge in [-0.05, 0) is 0 Å². The quantitative estimate of drug-likeness (QED) is 0.288. The van der Waals surface area contributed by atoms with Crippen molar-refractivity contribution in [2.45, 2.75) is 0 Å². The molecule has 10 heteroatoms. The van der Waals surface area contributed by atoms with E-state index < -0.39 is 0 Å². The Balaban J connectivity index is 0.00000121. The van der Waals surface area contributed by atoms with Gasteiger partial charge in [-0.15, -0.1) is 0 Å². The molecule has 22 heavy (non-hydrogen) atoms. The van der Waals surface area contributed by atoms with E-state index in [1.807, 2.05) is 37.3 Å². The van der Waals surface area contributed by atoms with E-state index in [0.29, 0.717) is 0 Å². The molecule has 0 bridgehead atoms. The SMILES string of the molecule is C[N+](C)=c1sc2c(O)c3sc(=[N+](C)C)sc3c(O)c2s1.[Cl-].[Cl-]. The summed E-state index contributed by atoms with van der Waals surface area (Å²) in [6.07, 6.45) is 0. The minimum absolute atomic E-state index is 0. The Morgan fingerprint density at radius 3 is 1.00 bits per heavy atom. The van der Waals surface area contributed by atoms with Crippen LogP contribution in [-0.2, 0) is 0 Å². The molecule has 4 nitrogen and oxygen atoms in total. The molecule has 0 spiro atoms. The molecule has 0 aliphatic rings. The second kappa shape index (κ2) is 7.02. The molecule has 0 aliphatic heterocycles. The monoisotopic (exact) mass is 416 g/mol. The van der Waals surface area contributed by atoms with Crippen LogP contribution >= 0.6 is 45.3 Å². The van der Waals surface area contributed by atoms with E-state index in [0.717, 1.165) is 26.8 Å². The number of phenolic OH excluding ortho intramolecular Hbond substituents is 2. The third-order valence-corrected chi connectivity index (χ3v) is 8.58. The molecule has 2 aromatic heterocycles. The topological polar surface area (TPSA) is 46.5 Å². The standard InChI is InChI=1S/C12H12N2O2S4.2ClH/c1-13(2)11-17-7-5(15)9-10(6(16)8(7)18-11)20-12(19-9)14(3)4;;/h1-4H3;2*1H. The van der Waals surface area contributed by atoms with Crippen LogP contribution in [0, 0.1) is 0 Å². The fourth-order valence-corrected chi connectivity index (χ4v) is 6.71. The van der Waals surface area contributed by atoms with Crippen LogP contribution in [0.2, 0.25) is 0 Å². The first-order valence-corrected chi connectivity index (χ1v) is 9.08. The van der Waals surface area contributed by atoms with Crippen molar-refractivity contribution >= 4 is 64.1 Å². The van der Waals surface area contributed by atoms with Crippen LogP contribution in [0.25, 0.3) is 18.8 Å². The van der Waals surface area contributed by atoms with E-state index in [1.54, 1.807) is 0 Å². The summed E-state index contributed by atoms with van der Waals surface area (Å²) in [5.74, 6) is 0.577. The molecular formula is C12H14Cl2N2O2S4. The van der Waals surface area contributed by atoms with E-state index in [-0.39, 0.29) is 36.3 Å². The lowest BCUT2D eigenvalue weighted by Gasteiger charge is -1.98. The van der Waals surface area contributed by atoms with Gasteiger partial charge >= 0.3 is 7.97 Å². The lowest BCUT2D eigenvalue weighted by molar-refractivity contribution is -0.00100. The van der Waals surface area contributed by atoms with Crippen molar-refractivity contribution in [1.82, 2.24) is 9.15 Å². The Morgan fingerprint density at radius 1 is 0.591 bits per heavy atom. The highest BCUT2D eigenvalue weighted by atomic mass is 35.5. The van der Waals surface area contributed by atoms with Crippen LogP contribution in [0.1, 0.15) is 0 Å². The predicted octanol–water partition coefficient (Wildman–Crippen LogP) is -4.28. The Morgan fingerprint density at radius 2 is 0.818 bits per heavy atom. The van der Waals surface area contributed by atoms with Crippen molar-refractivity contribution in [2.24, 2.45) is 0 Å². The average Bonchev–Trinajstić information content (AvgIpc) is 3.00. The largest absolute Gasteiger partial charge is 1.00 e. The number of aromatic hydroxyl groups is 2. The number of phenols is 2. The van der Waals surface area contributed by atoms with Gasteiger partial charge in [0.2, 0.25) is 0 Å². The minimum Gasteiger partial charge on any atom is -1.00 e. The van der Waals surface area contributed by atoms with Crippen LogP contribution in [0.5, 0.6) is 11.5 Å². The second-order valence-corrected chi connectivity index (χ2v) is 9.26. The molecule has 0 fully saturated rings. The highest BCUT2D eigenvalue weighted by molar-refractivity contribution is 7.39. The summed E-state index contributed by atoms with van der Waals surface area (Å²) in [6.45, 7) is 0. The van der Waals surface area contributed by atoms with Crippen molar-refractivity contribution in [3.05, 3.63) is 7.97 Å². The molecule has 2 N–H and O–H groups in total. The van der Waals surface area contributed by atoms with Gasteiger partial charge in [-0.1, -0.05) is 45.3 Å². The van der Waals surface area contributed by atoms with Gasteiger partial charge in [0.15, 0.2) is 11.5 Å². The van der Waals surface area contributed by atoms with Crippen LogP contribution in [-0.4, -0.2) is 38.4 Å². The molecule has 0 aliphatic carbocycles. The Bertz CT molecular complexity index is 834. The van der Waals surface area contributed by atoms with Gasteiger partial charge in [0.25, 0.3) is 0 Å². The van der Waals surface area contributed by atoms with Gasteiger partial charge in [-0.3, -0.25) is 0 Å². The smallest absolute Gasteiger partial charge is 0.314 e. The second-order valence-electron chi connectivity index (χ2n) is 4.74. The zero-order chi connectivity index (χ0) is 14.6. The molecule has 0 unspecified atom stereocenters. The van der Waals surface area contributed by atoms with Gasteiger partial charge in [0.05, 0.1) is 18.8 Å². The summed E-state index contributed by atoms with van der Waals surface area (Å²) in [7, 11) is 7.85. The van der Waals surface area contributed by atoms with E-state index in [9.17, 15) is 10.2 Å². The van der Waals surface area contributed by atoms with Crippen molar-refractivity contribution in [2.75, 3.05) is 28.2 Å². The zero-order valence-corrected chi connectivity index (χ0v) is 17.0. The molecule has 3 rings (SSSR count). The maximum Gasteiger partial charge on any atom is 0.314 e. The number of halogens is 2. The molecule has 0 atom stereocenters. The summed E-state index contributed by atoms with van der Waals surface area (Å²) in [5, 5.41) is 21.0. The van der Waals surface area contributed by atoms with E-state index >= 15 is 0 Å². The molecular weight excluding hydrogens is 403 g/mol. The summed E-state index contributed by atoms with van der Waals surface area (Å²) in [5.41, 5.74) is 0. The van der Waals surface area contributed by atoms with Crippen LogP contribution in [0.15, 0.2) is 0 Å². The van der Waals surface area contributed by atoms with E-state index in [2.05, 4.69) is 0 Å². The fraction of sp³-hybridized carbons (Fsp3) is 0.333. The zero-order valence-electron chi connectivity index (χ0n) is 12.2. The molecule has 0 saturated heterocycles. The third kappa shape index (κ3) is 3.00. The van der Waals surface area contributed by atoms with Crippen LogP contribution in [0.3, 0.4) is 0 Å². The Kier molecular flexibility index (Phi) is 6.28. The first kappa shape index (κ1) is 19.7. The lowest BCUT2D eigenvalue weighted by atomic mass is 10.3. The van der Waals surface area contributed by atoms with E-state index in [4.69, 9.17) is 0 Å².